The maximum atomic E-state index is 13.4. The van der Waals surface area contributed by atoms with E-state index >= 15 is 0 Å². The first kappa shape index (κ1) is 30.5. The van der Waals surface area contributed by atoms with Gasteiger partial charge in [-0.25, -0.2) is 4.79 Å². The van der Waals surface area contributed by atoms with Gasteiger partial charge in [0, 0.05) is 36.8 Å². The average molecular weight is 728 g/mol. The van der Waals surface area contributed by atoms with Crippen LogP contribution in [0.25, 0.3) is 22.0 Å². The minimum Gasteiger partial charge on any atom is -0.505 e. The normalized spacial score (nSPS) is 15.9. The smallest absolute Gasteiger partial charge is 0.410 e. The van der Waals surface area contributed by atoms with Crippen molar-refractivity contribution in [1.82, 2.24) is 19.7 Å². The third-order valence-corrected chi connectivity index (χ3v) is 9.87. The van der Waals surface area contributed by atoms with Crippen LogP contribution in [0.5, 0.6) is 5.75 Å². The number of carbonyl (C=O) groups is 2. The zero-order valence-electron chi connectivity index (χ0n) is 24.9. The van der Waals surface area contributed by atoms with Gasteiger partial charge in [0.25, 0.3) is 0 Å². The highest BCUT2D eigenvalue weighted by atomic mass is 127. The Balaban J connectivity index is 1.30. The van der Waals surface area contributed by atoms with Crippen LogP contribution in [0.3, 0.4) is 0 Å². The van der Waals surface area contributed by atoms with E-state index in [0.717, 1.165) is 57.0 Å². The largest absolute Gasteiger partial charge is 0.505 e. The van der Waals surface area contributed by atoms with Crippen molar-refractivity contribution in [3.8, 4) is 16.9 Å². The number of aromatic hydroxyl groups is 1. The SMILES string of the molecule is C=Ic1cc(-c2ccc3ncc(C(=O)C4CC4)c(Nc4cnn(C5CCN(C(=O)OC(C)(C)C)CC5)c4)c3c2)cc(Cl)c1O. The highest BCUT2D eigenvalue weighted by Gasteiger charge is 2.33. The van der Waals surface area contributed by atoms with Gasteiger partial charge in [-0.1, -0.05) is 42.9 Å². The number of rotatable bonds is 7. The number of carbonyl (C=O) groups excluding carboxylic acids is 2. The molecule has 4 aromatic rings. The number of phenolic OH excluding ortho intramolecular Hbond substituents is 1. The molecule has 1 aliphatic heterocycles. The molecule has 9 nitrogen and oxygen atoms in total. The highest BCUT2D eigenvalue weighted by molar-refractivity contribution is 14.2. The molecule has 6 rings (SSSR count). The van der Waals surface area contributed by atoms with Crippen LogP contribution in [-0.4, -0.2) is 59.9 Å². The van der Waals surface area contributed by atoms with Crippen molar-refractivity contribution in [2.24, 2.45) is 5.92 Å². The summed E-state index contributed by atoms with van der Waals surface area (Å²) in [7, 11) is 0. The summed E-state index contributed by atoms with van der Waals surface area (Å²) >= 11 is 5.73. The number of Topliss-reactive ketones (excluding diaryl/α,β-unsaturated/α-hetero) is 1. The fourth-order valence-electron chi connectivity index (χ4n) is 5.48. The predicted octanol–water partition coefficient (Wildman–Crippen LogP) is 7.94. The summed E-state index contributed by atoms with van der Waals surface area (Å²) in [5.74, 6) is 0.203. The molecular weight excluding hydrogens is 693 g/mol. The van der Waals surface area contributed by atoms with Crippen LogP contribution in [0.15, 0.2) is 48.9 Å². The van der Waals surface area contributed by atoms with Gasteiger partial charge in [-0.05, 0) is 81.8 Å². The number of amides is 1. The van der Waals surface area contributed by atoms with Crippen LogP contribution in [0.4, 0.5) is 16.2 Å². The quantitative estimate of drug-likeness (QED) is 0.147. The Morgan fingerprint density at radius 2 is 1.84 bits per heavy atom. The number of piperidine rings is 1. The number of likely N-dealkylation sites (tertiary alicyclic amines) is 1. The second-order valence-electron chi connectivity index (χ2n) is 12.4. The monoisotopic (exact) mass is 727 g/mol. The summed E-state index contributed by atoms with van der Waals surface area (Å²) in [6, 6.07) is 9.74. The topological polar surface area (TPSA) is 110 Å². The van der Waals surface area contributed by atoms with Gasteiger partial charge >= 0.3 is 6.09 Å². The van der Waals surface area contributed by atoms with Gasteiger partial charge in [-0.15, -0.1) is 0 Å². The van der Waals surface area contributed by atoms with Crippen LogP contribution in [0.2, 0.25) is 5.02 Å². The molecule has 0 atom stereocenters. The summed E-state index contributed by atoms with van der Waals surface area (Å²) in [5, 5.41) is 19.6. The van der Waals surface area contributed by atoms with E-state index in [9.17, 15) is 14.7 Å². The number of fused-ring (bicyclic) bond motifs is 1. The zero-order valence-corrected chi connectivity index (χ0v) is 27.9. The number of nitrogens with one attached hydrogen (secondary N) is 1. The predicted molar refractivity (Wildman–Crippen MR) is 182 cm³/mol. The Hall–Kier alpha value is -3.51. The molecule has 1 saturated carbocycles. The number of ketones is 1. The van der Waals surface area contributed by atoms with E-state index in [1.807, 2.05) is 55.9 Å². The standard InChI is InChI=1S/C33H35ClIN5O4/c1-33(2,3)44-32(43)39-11-9-23(10-12-39)40-18-22(16-37-40)38-29-24-13-20(21-14-26(34)31(42)27(15-21)35-4)7-8-28(24)36-17-25(29)30(41)19-5-6-19/h7-8,13-19,23,42H,4-6,9-12H2,1-3H3,(H,36,38). The number of hydrogen-bond donors (Lipinski definition) is 2. The summed E-state index contributed by atoms with van der Waals surface area (Å²) in [6.07, 6.45) is 8.42. The summed E-state index contributed by atoms with van der Waals surface area (Å²) in [5.41, 5.74) is 4.00. The first-order chi connectivity index (χ1) is 21.0. The van der Waals surface area contributed by atoms with Crippen LogP contribution in [0, 0.1) is 9.49 Å². The molecule has 0 spiro atoms. The Morgan fingerprint density at radius 1 is 1.09 bits per heavy atom. The molecule has 2 fully saturated rings. The molecule has 0 unspecified atom stereocenters. The lowest BCUT2D eigenvalue weighted by atomic mass is 9.99. The second kappa shape index (κ2) is 12.1. The fraction of sp³-hybridized carbons (Fsp3) is 0.364. The Kier molecular flexibility index (Phi) is 8.40. The molecule has 3 heterocycles. The zero-order chi connectivity index (χ0) is 31.2. The van der Waals surface area contributed by atoms with Crippen molar-refractivity contribution in [3.63, 3.8) is 0 Å². The second-order valence-corrected chi connectivity index (χ2v) is 14.7. The molecule has 230 valence electrons. The number of phenols is 1. The van der Waals surface area contributed by atoms with Gasteiger partial charge in [-0.2, -0.15) is 5.10 Å². The summed E-state index contributed by atoms with van der Waals surface area (Å²) in [6.45, 7) is 6.81. The molecule has 0 bridgehead atoms. The Labute approximate surface area is 271 Å². The van der Waals surface area contributed by atoms with Crippen LogP contribution in [0.1, 0.15) is 62.9 Å². The number of hydrogen-bond acceptors (Lipinski definition) is 7. The van der Waals surface area contributed by atoms with Gasteiger partial charge < -0.3 is 20.1 Å². The van der Waals surface area contributed by atoms with Crippen LogP contribution < -0.4 is 5.32 Å². The third kappa shape index (κ3) is 6.46. The van der Waals surface area contributed by atoms with Crippen molar-refractivity contribution >= 4 is 71.0 Å². The maximum Gasteiger partial charge on any atom is 0.410 e. The van der Waals surface area contributed by atoms with Crippen LogP contribution >= 0.6 is 32.3 Å². The first-order valence-corrected chi connectivity index (χ1v) is 17.7. The van der Waals surface area contributed by atoms with E-state index in [1.165, 1.54) is 0 Å². The molecular formula is C33H35ClIN5O4. The van der Waals surface area contributed by atoms with E-state index < -0.39 is 26.3 Å². The number of nitrogens with zero attached hydrogens (tertiary/aromatic N) is 4. The van der Waals surface area contributed by atoms with Crippen molar-refractivity contribution in [2.45, 2.75) is 58.1 Å². The lowest BCUT2D eigenvalue weighted by Gasteiger charge is -2.33. The fourth-order valence-corrected chi connectivity index (χ4v) is 7.07. The number of halogens is 2. The molecule has 11 heteroatoms. The molecule has 44 heavy (non-hydrogen) atoms. The maximum absolute atomic E-state index is 13.4. The number of ether oxygens (including phenoxy) is 1. The minimum absolute atomic E-state index is 0.0234. The van der Waals surface area contributed by atoms with Crippen molar-refractivity contribution < 1.29 is 19.4 Å². The lowest BCUT2D eigenvalue weighted by Crippen LogP contribution is -2.42. The molecule has 2 aromatic heterocycles. The van der Waals surface area contributed by atoms with Crippen LogP contribution in [-0.2, 0) is 4.74 Å². The van der Waals surface area contributed by atoms with Gasteiger partial charge in [0.15, 0.2) is 5.78 Å². The number of anilines is 2. The summed E-state index contributed by atoms with van der Waals surface area (Å²) < 4.78 is 12.3. The molecule has 2 aliphatic rings. The van der Waals surface area contributed by atoms with Gasteiger partial charge in [0.05, 0.1) is 43.3 Å². The van der Waals surface area contributed by atoms with Gasteiger partial charge in [-0.3, -0.25) is 14.5 Å². The number of aromatic nitrogens is 3. The Bertz CT molecular complexity index is 1770. The third-order valence-electron chi connectivity index (χ3n) is 7.94. The minimum atomic E-state index is -0.633. The molecule has 0 radical (unpaired) electrons. The average Bonchev–Trinajstić information content (AvgIpc) is 3.75. The van der Waals surface area contributed by atoms with E-state index in [4.69, 9.17) is 16.3 Å². The first-order valence-electron chi connectivity index (χ1n) is 14.7. The van der Waals surface area contributed by atoms with Crippen molar-refractivity contribution in [3.05, 3.63) is 63.1 Å². The molecule has 1 saturated heterocycles. The number of pyridine rings is 1. The van der Waals surface area contributed by atoms with Gasteiger partial charge in [0.1, 0.15) is 11.4 Å². The molecule has 1 amide bonds. The lowest BCUT2D eigenvalue weighted by molar-refractivity contribution is 0.0184. The van der Waals surface area contributed by atoms with E-state index in [2.05, 4.69) is 19.9 Å². The van der Waals surface area contributed by atoms with Crippen molar-refractivity contribution in [2.75, 3.05) is 18.4 Å². The van der Waals surface area contributed by atoms with E-state index in [0.29, 0.717) is 29.4 Å². The van der Waals surface area contributed by atoms with Crippen molar-refractivity contribution in [1.29, 1.82) is 0 Å². The Morgan fingerprint density at radius 3 is 2.52 bits per heavy atom. The van der Waals surface area contributed by atoms with E-state index in [-0.39, 0.29) is 29.6 Å². The molecule has 2 N–H and O–H groups in total. The number of benzene rings is 2. The molecule has 2 aromatic carbocycles. The molecule has 1 aliphatic carbocycles. The summed E-state index contributed by atoms with van der Waals surface area (Å²) in [4.78, 5) is 32.3. The highest BCUT2D eigenvalue weighted by Crippen LogP contribution is 2.40. The van der Waals surface area contributed by atoms with E-state index in [1.54, 1.807) is 23.4 Å². The van der Waals surface area contributed by atoms with Gasteiger partial charge in [0.2, 0.25) is 0 Å².